The molecule has 0 radical (unpaired) electrons. The maximum absolute atomic E-state index is 6.73. The summed E-state index contributed by atoms with van der Waals surface area (Å²) in [6.07, 6.45) is 0. The molecule has 5 nitrogen and oxygen atoms in total. The smallest absolute Gasteiger partial charge is 0.252 e. The lowest BCUT2D eigenvalue weighted by molar-refractivity contribution is 0.669. The van der Waals surface area contributed by atoms with E-state index in [0.717, 1.165) is 190 Å². The third-order valence-electron chi connectivity index (χ3n) is 25.0. The largest absolute Gasteiger partial charge is 0.456 e. The van der Waals surface area contributed by atoms with Crippen LogP contribution in [0.2, 0.25) is 0 Å². The SMILES string of the molecule is c1ccc(-c2cc(-c3ccccc3)c(N3c4ccc(-c5cccc6c5c5ccccc5n6-c5ccccc5)cc4B4c5cc(-c6cccc7c6c6ccccc6n7-c6ccccc6)ccc5N(c5c(-c6ccccc6)cc(-c6ccccc6)cc5-c5ccccc5)c5cc(-c6ccc7oc8ccccc8c7c6)cc3c54)c(-c3ccccc3)c2)cc1. The summed E-state index contributed by atoms with van der Waals surface area (Å²) in [7, 11) is 0. The molecule has 120 heavy (non-hydrogen) atoms. The fourth-order valence-electron chi connectivity index (χ4n) is 19.8. The van der Waals surface area contributed by atoms with Crippen LogP contribution in [0, 0.1) is 0 Å². The van der Waals surface area contributed by atoms with Crippen molar-refractivity contribution in [2.45, 2.75) is 0 Å². The lowest BCUT2D eigenvalue weighted by Gasteiger charge is -2.46. The number of hydrogen-bond acceptors (Lipinski definition) is 3. The van der Waals surface area contributed by atoms with Crippen LogP contribution in [0.1, 0.15) is 0 Å². The van der Waals surface area contributed by atoms with E-state index >= 15 is 0 Å². The number of nitrogens with zero attached hydrogens (tertiary/aromatic N) is 4. The molecular formula is C114H73BN4O. The molecule has 6 heteroatoms. The van der Waals surface area contributed by atoms with Crippen LogP contribution < -0.4 is 26.2 Å². The Kier molecular flexibility index (Phi) is 16.0. The second-order valence-electron chi connectivity index (χ2n) is 31.7. The Morgan fingerprint density at radius 3 is 0.942 bits per heavy atom. The van der Waals surface area contributed by atoms with Crippen molar-refractivity contribution < 1.29 is 4.42 Å². The minimum absolute atomic E-state index is 0.399. The molecule has 558 valence electrons. The number of hydrogen-bond donors (Lipinski definition) is 0. The number of fused-ring (bicyclic) bond motifs is 13. The van der Waals surface area contributed by atoms with Crippen LogP contribution in [0.15, 0.2) is 447 Å². The van der Waals surface area contributed by atoms with E-state index in [1.807, 2.05) is 0 Å². The van der Waals surface area contributed by atoms with Gasteiger partial charge >= 0.3 is 0 Å². The van der Waals surface area contributed by atoms with Crippen molar-refractivity contribution in [3.63, 3.8) is 0 Å². The van der Waals surface area contributed by atoms with Gasteiger partial charge < -0.3 is 23.4 Å². The van der Waals surface area contributed by atoms with Gasteiger partial charge in [-0.25, -0.2) is 0 Å². The monoisotopic (exact) mass is 1520 g/mol. The van der Waals surface area contributed by atoms with Crippen molar-refractivity contribution in [2.24, 2.45) is 0 Å². The van der Waals surface area contributed by atoms with Gasteiger partial charge in [-0.05, 0) is 210 Å². The Morgan fingerprint density at radius 2 is 0.525 bits per heavy atom. The van der Waals surface area contributed by atoms with Gasteiger partial charge in [0.15, 0.2) is 0 Å². The van der Waals surface area contributed by atoms with Gasteiger partial charge in [-0.1, -0.05) is 328 Å². The predicted molar refractivity (Wildman–Crippen MR) is 505 cm³/mol. The first kappa shape index (κ1) is 68.6. The molecule has 24 rings (SSSR count). The van der Waals surface area contributed by atoms with Crippen molar-refractivity contribution in [3.8, 4) is 112 Å². The molecule has 19 aromatic carbocycles. The fourth-order valence-corrected chi connectivity index (χ4v) is 19.8. The number of benzene rings is 19. The first-order valence-electron chi connectivity index (χ1n) is 41.4. The first-order chi connectivity index (χ1) is 59.6. The Hall–Kier alpha value is -15.8. The molecule has 0 unspecified atom stereocenters. The highest BCUT2D eigenvalue weighted by molar-refractivity contribution is 7.00. The molecule has 0 bridgehead atoms. The van der Waals surface area contributed by atoms with Crippen LogP contribution in [0.5, 0.6) is 0 Å². The van der Waals surface area contributed by atoms with Gasteiger partial charge in [0, 0.05) is 88.7 Å². The summed E-state index contributed by atoms with van der Waals surface area (Å²) >= 11 is 0. The van der Waals surface area contributed by atoms with E-state index in [0.29, 0.717) is 0 Å². The van der Waals surface area contributed by atoms with Crippen LogP contribution >= 0.6 is 0 Å². The maximum Gasteiger partial charge on any atom is 0.252 e. The van der Waals surface area contributed by atoms with E-state index in [1.165, 1.54) is 37.9 Å². The maximum atomic E-state index is 6.73. The molecule has 0 saturated heterocycles. The standard InChI is InChI=1S/C114H73BN4O/c1-9-33-74(34-10-1)83-66-93(76-37-13-3-14-38-76)113(94(67-83)77-39-15-4-16-40-77)118-102-62-59-81(88-52-31-56-104-110(88)91-50-25-28-54-100(91)116(104)86-45-21-7-22-46-86)70-98(102)115-99-71-82(89-53-32-57-105-111(89)92-51-26-29-55-101(92)117(105)87-47-23-8-24-48-87)60-63-103(99)119(107-73-85(72-106(118)112(107)115)80-61-64-109-97(65-80)90-49-27-30-58-108(90)120-109)114-95(78-41-17-5-18-42-78)68-84(75-35-11-2-12-36-75)69-96(114)79-43-19-6-20-44-79/h1-73H. The molecule has 0 aliphatic carbocycles. The van der Waals surface area contributed by atoms with Gasteiger partial charge in [0.05, 0.1) is 33.4 Å². The van der Waals surface area contributed by atoms with Crippen molar-refractivity contribution in [2.75, 3.05) is 9.80 Å². The average Bonchev–Trinajstić information content (AvgIpc) is 0.833. The summed E-state index contributed by atoms with van der Waals surface area (Å²) in [6.45, 7) is -0.399. The van der Waals surface area contributed by atoms with Crippen LogP contribution in [0.4, 0.5) is 34.1 Å². The molecule has 0 fully saturated rings. The number of aromatic nitrogens is 2. The molecule has 0 saturated carbocycles. The van der Waals surface area contributed by atoms with Crippen molar-refractivity contribution in [1.82, 2.24) is 9.13 Å². The summed E-state index contributed by atoms with van der Waals surface area (Å²) in [5.74, 6) is 0. The molecule has 2 aliphatic heterocycles. The molecule has 2 aliphatic rings. The first-order valence-corrected chi connectivity index (χ1v) is 41.4. The van der Waals surface area contributed by atoms with E-state index in [2.05, 4.69) is 462 Å². The lowest BCUT2D eigenvalue weighted by atomic mass is 9.33. The molecule has 3 aromatic heterocycles. The average molecular weight is 1530 g/mol. The zero-order valence-electron chi connectivity index (χ0n) is 65.4. The van der Waals surface area contributed by atoms with Crippen LogP contribution in [-0.4, -0.2) is 15.8 Å². The van der Waals surface area contributed by atoms with E-state index in [1.54, 1.807) is 0 Å². The van der Waals surface area contributed by atoms with Crippen LogP contribution in [0.3, 0.4) is 0 Å². The van der Waals surface area contributed by atoms with Gasteiger partial charge in [-0.15, -0.1) is 0 Å². The molecule has 5 heterocycles. The molecule has 22 aromatic rings. The van der Waals surface area contributed by atoms with Crippen LogP contribution in [0.25, 0.3) is 177 Å². The Balaban J connectivity index is 0.886. The summed E-state index contributed by atoms with van der Waals surface area (Å²) in [4.78, 5) is 5.40. The molecule has 0 amide bonds. The van der Waals surface area contributed by atoms with Gasteiger partial charge in [-0.3, -0.25) is 0 Å². The van der Waals surface area contributed by atoms with Crippen molar-refractivity contribution in [1.29, 1.82) is 0 Å². The molecule has 0 N–H and O–H groups in total. The molecule has 0 atom stereocenters. The van der Waals surface area contributed by atoms with E-state index < -0.39 is 6.71 Å². The summed E-state index contributed by atoms with van der Waals surface area (Å²) in [5, 5.41) is 6.92. The van der Waals surface area contributed by atoms with Gasteiger partial charge in [0.2, 0.25) is 0 Å². The van der Waals surface area contributed by atoms with Crippen molar-refractivity contribution in [3.05, 3.63) is 443 Å². The molecular weight excluding hydrogens is 1450 g/mol. The topological polar surface area (TPSA) is 29.5 Å². The highest BCUT2D eigenvalue weighted by Gasteiger charge is 2.46. The number of rotatable bonds is 13. The van der Waals surface area contributed by atoms with Gasteiger partial charge in [0.25, 0.3) is 6.71 Å². The summed E-state index contributed by atoms with van der Waals surface area (Å²) in [6, 6.07) is 165. The minimum atomic E-state index is -0.399. The summed E-state index contributed by atoms with van der Waals surface area (Å²) in [5.41, 5.74) is 38.5. The highest BCUT2D eigenvalue weighted by atomic mass is 16.3. The second-order valence-corrected chi connectivity index (χ2v) is 31.7. The molecule has 0 spiro atoms. The summed E-state index contributed by atoms with van der Waals surface area (Å²) < 4.78 is 11.6. The lowest BCUT2D eigenvalue weighted by Crippen LogP contribution is -2.61. The van der Waals surface area contributed by atoms with E-state index in [9.17, 15) is 0 Å². The number of furan rings is 1. The Bertz CT molecular complexity index is 7290. The van der Waals surface area contributed by atoms with Crippen LogP contribution in [-0.2, 0) is 0 Å². The van der Waals surface area contributed by atoms with Crippen molar-refractivity contribution >= 4 is 123 Å². The normalized spacial score (nSPS) is 12.3. The predicted octanol–water partition coefficient (Wildman–Crippen LogP) is 28.9. The van der Waals surface area contributed by atoms with E-state index in [4.69, 9.17) is 4.42 Å². The van der Waals surface area contributed by atoms with Gasteiger partial charge in [0.1, 0.15) is 11.2 Å². The van der Waals surface area contributed by atoms with Gasteiger partial charge in [-0.2, -0.15) is 0 Å². The highest BCUT2D eigenvalue weighted by Crippen LogP contribution is 2.57. The third-order valence-corrected chi connectivity index (χ3v) is 25.0. The number of para-hydroxylation sites is 5. The zero-order chi connectivity index (χ0) is 78.9. The Labute approximate surface area is 695 Å². The minimum Gasteiger partial charge on any atom is -0.456 e. The third kappa shape index (κ3) is 11.0. The fraction of sp³-hybridized carbons (Fsp3) is 0. The zero-order valence-corrected chi connectivity index (χ0v) is 65.4. The Morgan fingerprint density at radius 1 is 0.192 bits per heavy atom. The second kappa shape index (κ2) is 28.0. The van der Waals surface area contributed by atoms with E-state index in [-0.39, 0.29) is 0 Å². The number of anilines is 6. The quantitative estimate of drug-likeness (QED) is 0.108.